The van der Waals surface area contributed by atoms with Gasteiger partial charge in [0.15, 0.2) is 17.3 Å². The molecule has 0 saturated carbocycles. The van der Waals surface area contributed by atoms with Crippen molar-refractivity contribution in [1.82, 2.24) is 0 Å². The summed E-state index contributed by atoms with van der Waals surface area (Å²) in [7, 11) is 3.12. The Morgan fingerprint density at radius 2 is 1.64 bits per heavy atom. The maximum Gasteiger partial charge on any atom is 0.185 e. The van der Waals surface area contributed by atoms with Gasteiger partial charge in [0.2, 0.25) is 0 Å². The monoisotopic (exact) mass is 377 g/mol. The maximum atomic E-state index is 13.2. The van der Waals surface area contributed by atoms with Crippen LogP contribution in [-0.4, -0.2) is 20.0 Å². The second kappa shape index (κ2) is 8.39. The van der Waals surface area contributed by atoms with Crippen molar-refractivity contribution in [2.45, 2.75) is 0 Å². The largest absolute Gasteiger partial charge is 0.493 e. The lowest BCUT2D eigenvalue weighted by molar-refractivity contribution is 0.104. The number of carbonyl (C=O) groups is 1. The molecule has 3 aromatic carbocycles. The Bertz CT molecular complexity index is 1030. The van der Waals surface area contributed by atoms with Gasteiger partial charge in [0.05, 0.1) is 14.2 Å². The molecule has 0 amide bonds. The van der Waals surface area contributed by atoms with Crippen LogP contribution in [0.15, 0.2) is 66.7 Å². The first-order chi connectivity index (χ1) is 13.5. The van der Waals surface area contributed by atoms with Crippen molar-refractivity contribution in [2.75, 3.05) is 20.0 Å². The number of methoxy groups -OCH3 is 2. The molecule has 3 aromatic rings. The Hall–Kier alpha value is -3.60. The van der Waals surface area contributed by atoms with Crippen molar-refractivity contribution in [1.29, 1.82) is 0 Å². The second-order valence-electron chi connectivity index (χ2n) is 6.12. The third-order valence-electron chi connectivity index (χ3n) is 4.33. The summed E-state index contributed by atoms with van der Waals surface area (Å²) in [6.45, 7) is 0. The fraction of sp³-hybridized carbons (Fsp3) is 0.0870. The summed E-state index contributed by atoms with van der Waals surface area (Å²) < 4.78 is 23.6. The van der Waals surface area contributed by atoms with Crippen LogP contribution in [0.4, 0.5) is 10.1 Å². The average Bonchev–Trinajstić information content (AvgIpc) is 2.72. The van der Waals surface area contributed by atoms with Crippen LogP contribution in [-0.2, 0) is 0 Å². The van der Waals surface area contributed by atoms with E-state index in [9.17, 15) is 9.18 Å². The molecule has 4 nitrogen and oxygen atoms in total. The van der Waals surface area contributed by atoms with E-state index in [0.29, 0.717) is 28.3 Å². The van der Waals surface area contributed by atoms with Crippen molar-refractivity contribution >= 4 is 17.5 Å². The second-order valence-corrected chi connectivity index (χ2v) is 6.12. The Kier molecular flexibility index (Phi) is 5.75. The van der Waals surface area contributed by atoms with E-state index < -0.39 is 0 Å². The number of nitrogen functional groups attached to an aromatic ring is 1. The van der Waals surface area contributed by atoms with E-state index in [2.05, 4.69) is 0 Å². The summed E-state index contributed by atoms with van der Waals surface area (Å²) in [5, 5.41) is 0. The molecule has 28 heavy (non-hydrogen) atoms. The number of anilines is 1. The number of rotatable bonds is 6. The first-order valence-corrected chi connectivity index (χ1v) is 8.61. The van der Waals surface area contributed by atoms with Gasteiger partial charge in [-0.15, -0.1) is 0 Å². The summed E-state index contributed by atoms with van der Waals surface area (Å²) >= 11 is 0. The van der Waals surface area contributed by atoms with Crippen molar-refractivity contribution in [3.05, 3.63) is 83.7 Å². The number of hydrogen-bond acceptors (Lipinski definition) is 4. The van der Waals surface area contributed by atoms with Gasteiger partial charge in [-0.25, -0.2) is 4.39 Å². The minimum absolute atomic E-state index is 0.168. The molecule has 0 bridgehead atoms. The van der Waals surface area contributed by atoms with E-state index in [-0.39, 0.29) is 11.6 Å². The SMILES string of the molecule is COc1ccc(/C=C/C(=O)c2ccc(N)c(-c3ccc(F)cc3)c2)cc1OC. The summed E-state index contributed by atoms with van der Waals surface area (Å²) in [6, 6.07) is 16.4. The number of benzene rings is 3. The van der Waals surface area contributed by atoms with Crippen LogP contribution in [0.1, 0.15) is 15.9 Å². The number of ether oxygens (including phenoxy) is 2. The van der Waals surface area contributed by atoms with Gasteiger partial charge in [-0.1, -0.05) is 24.3 Å². The zero-order chi connectivity index (χ0) is 20.1. The molecule has 5 heteroatoms. The highest BCUT2D eigenvalue weighted by Crippen LogP contribution is 2.29. The quantitative estimate of drug-likeness (QED) is 0.374. The Morgan fingerprint density at radius 1 is 0.929 bits per heavy atom. The van der Waals surface area contributed by atoms with Crippen molar-refractivity contribution < 1.29 is 18.7 Å². The molecule has 0 unspecified atom stereocenters. The zero-order valence-electron chi connectivity index (χ0n) is 15.6. The third-order valence-corrected chi connectivity index (χ3v) is 4.33. The Labute approximate surface area is 163 Å². The van der Waals surface area contributed by atoms with Gasteiger partial charge in [0, 0.05) is 16.8 Å². The molecule has 0 atom stereocenters. The van der Waals surface area contributed by atoms with Crippen molar-refractivity contribution in [3.63, 3.8) is 0 Å². The number of carbonyl (C=O) groups excluding carboxylic acids is 1. The van der Waals surface area contributed by atoms with Crippen LogP contribution in [0.3, 0.4) is 0 Å². The first-order valence-electron chi connectivity index (χ1n) is 8.61. The highest BCUT2D eigenvalue weighted by Gasteiger charge is 2.09. The van der Waals surface area contributed by atoms with E-state index in [0.717, 1.165) is 11.1 Å². The third kappa shape index (κ3) is 4.20. The molecule has 142 valence electrons. The topological polar surface area (TPSA) is 61.5 Å². The van der Waals surface area contributed by atoms with Gasteiger partial charge in [0.25, 0.3) is 0 Å². The Morgan fingerprint density at radius 3 is 2.32 bits per heavy atom. The van der Waals surface area contributed by atoms with E-state index >= 15 is 0 Å². The molecule has 2 N–H and O–H groups in total. The maximum absolute atomic E-state index is 13.2. The lowest BCUT2D eigenvalue weighted by Gasteiger charge is -2.08. The summed E-state index contributed by atoms with van der Waals surface area (Å²) in [4.78, 5) is 12.6. The van der Waals surface area contributed by atoms with Gasteiger partial charge in [-0.3, -0.25) is 4.79 Å². The minimum Gasteiger partial charge on any atom is -0.493 e. The van der Waals surface area contributed by atoms with Crippen molar-refractivity contribution in [2.24, 2.45) is 0 Å². The molecular formula is C23H20FNO3. The molecule has 0 aromatic heterocycles. The molecule has 0 aliphatic carbocycles. The van der Waals surface area contributed by atoms with Crippen LogP contribution in [0.2, 0.25) is 0 Å². The molecule has 0 radical (unpaired) electrons. The lowest BCUT2D eigenvalue weighted by atomic mass is 9.99. The van der Waals surface area contributed by atoms with E-state index in [1.807, 2.05) is 6.07 Å². The predicted octanol–water partition coefficient (Wildman–Crippen LogP) is 4.99. The molecular weight excluding hydrogens is 357 g/mol. The highest BCUT2D eigenvalue weighted by atomic mass is 19.1. The average molecular weight is 377 g/mol. The predicted molar refractivity (Wildman–Crippen MR) is 109 cm³/mol. The number of ketones is 1. The highest BCUT2D eigenvalue weighted by molar-refractivity contribution is 6.08. The molecule has 0 heterocycles. The van der Waals surface area contributed by atoms with Crippen LogP contribution in [0.5, 0.6) is 11.5 Å². The number of nitrogens with two attached hydrogens (primary N) is 1. The summed E-state index contributed by atoms with van der Waals surface area (Å²) in [6.07, 6.45) is 3.19. The summed E-state index contributed by atoms with van der Waals surface area (Å²) in [5.74, 6) is 0.710. The van der Waals surface area contributed by atoms with Gasteiger partial charge in [-0.2, -0.15) is 0 Å². The number of halogens is 1. The molecule has 0 aliphatic heterocycles. The molecule has 0 fully saturated rings. The van der Waals surface area contributed by atoms with Crippen LogP contribution >= 0.6 is 0 Å². The van der Waals surface area contributed by atoms with Crippen LogP contribution in [0, 0.1) is 5.82 Å². The fourth-order valence-corrected chi connectivity index (χ4v) is 2.81. The van der Waals surface area contributed by atoms with Crippen LogP contribution in [0.25, 0.3) is 17.2 Å². The van der Waals surface area contributed by atoms with Crippen molar-refractivity contribution in [3.8, 4) is 22.6 Å². The Balaban J connectivity index is 1.86. The molecule has 0 spiro atoms. The number of allylic oxidation sites excluding steroid dienone is 1. The summed E-state index contributed by atoms with van der Waals surface area (Å²) in [5.41, 5.74) is 9.29. The normalized spacial score (nSPS) is 10.8. The minimum atomic E-state index is -0.326. The van der Waals surface area contributed by atoms with Gasteiger partial charge in [-0.05, 0) is 59.7 Å². The number of hydrogen-bond donors (Lipinski definition) is 1. The van der Waals surface area contributed by atoms with Gasteiger partial charge in [0.1, 0.15) is 5.82 Å². The first kappa shape index (κ1) is 19.2. The van der Waals surface area contributed by atoms with E-state index in [1.165, 1.54) is 18.2 Å². The van der Waals surface area contributed by atoms with E-state index in [1.54, 1.807) is 62.8 Å². The van der Waals surface area contributed by atoms with Crippen LogP contribution < -0.4 is 15.2 Å². The standard InChI is InChI=1S/C23H20FNO3/c1-27-22-12-4-15(13-23(22)28-2)3-11-21(26)17-7-10-20(25)19(14-17)16-5-8-18(24)9-6-16/h3-14H,25H2,1-2H3/b11-3+. The van der Waals surface area contributed by atoms with E-state index in [4.69, 9.17) is 15.2 Å². The fourth-order valence-electron chi connectivity index (χ4n) is 2.81. The van der Waals surface area contributed by atoms with Gasteiger partial charge >= 0.3 is 0 Å². The molecule has 0 saturated heterocycles. The zero-order valence-corrected chi connectivity index (χ0v) is 15.6. The lowest BCUT2D eigenvalue weighted by Crippen LogP contribution is -1.98. The molecule has 0 aliphatic rings. The smallest absolute Gasteiger partial charge is 0.185 e. The molecule has 3 rings (SSSR count). The van der Waals surface area contributed by atoms with Gasteiger partial charge < -0.3 is 15.2 Å².